The van der Waals surface area contributed by atoms with Crippen molar-refractivity contribution in [1.82, 2.24) is 4.98 Å². The molecule has 148 valence electrons. The van der Waals surface area contributed by atoms with Crippen LogP contribution >= 0.6 is 11.6 Å². The van der Waals surface area contributed by atoms with Gasteiger partial charge in [-0.1, -0.05) is 0 Å². The van der Waals surface area contributed by atoms with Gasteiger partial charge >= 0.3 is 12.7 Å². The maximum Gasteiger partial charge on any atom is 0.492 e. The quantitative estimate of drug-likeness (QED) is 0.495. The predicted molar refractivity (Wildman–Crippen MR) is 101 cm³/mol. The lowest BCUT2D eigenvalue weighted by atomic mass is 9.79. The number of ether oxygens (including phenoxy) is 1. The molecule has 1 aromatic carbocycles. The van der Waals surface area contributed by atoms with E-state index in [1.54, 1.807) is 0 Å². The highest BCUT2D eigenvalue weighted by Crippen LogP contribution is 2.26. The van der Waals surface area contributed by atoms with Gasteiger partial charge in [0, 0.05) is 42.0 Å². The zero-order valence-corrected chi connectivity index (χ0v) is 15.4. The predicted octanol–water partition coefficient (Wildman–Crippen LogP) is 1.78. The van der Waals surface area contributed by atoms with E-state index in [0.29, 0.717) is 11.5 Å². The Labute approximate surface area is 165 Å². The normalized spacial score (nSPS) is 14.1. The van der Waals surface area contributed by atoms with Crippen molar-refractivity contribution in [3.63, 3.8) is 0 Å². The fraction of sp³-hybridized carbons (Fsp3) is 0.294. The zero-order chi connectivity index (χ0) is 20.3. The Hall–Kier alpha value is -2.43. The fourth-order valence-electron chi connectivity index (χ4n) is 2.93. The minimum absolute atomic E-state index is 0.124. The molecule has 1 aromatic heterocycles. The van der Waals surface area contributed by atoms with Crippen molar-refractivity contribution < 1.29 is 28.4 Å². The third kappa shape index (κ3) is 5.09. The highest BCUT2D eigenvalue weighted by Gasteiger charge is 2.27. The molecule has 2 aromatic rings. The van der Waals surface area contributed by atoms with Crippen LogP contribution in [0.15, 0.2) is 36.5 Å². The minimum Gasteiger partial charge on any atom is -0.423 e. The molecule has 0 unspecified atom stereocenters. The number of benzene rings is 1. The standard InChI is InChI=1S/C17H17BClF2N3O4/c19-17(20,21)28-13-5-3-12(4-6-13)23-16(25)11-9-14(18(26)27)15(22-10-11)24-7-1-2-8-24/h3-6,9-10,26-27H,1-2,7-8H2,(H,23,25). The molecular formula is C17H17BClF2N3O4. The highest BCUT2D eigenvalue weighted by atomic mass is 35.5. The lowest BCUT2D eigenvalue weighted by Crippen LogP contribution is -2.38. The SMILES string of the molecule is O=C(Nc1ccc(OC(F)(F)Cl)cc1)c1cnc(N2CCCC2)c(B(O)O)c1. The van der Waals surface area contributed by atoms with E-state index >= 15 is 0 Å². The molecule has 7 nitrogen and oxygen atoms in total. The van der Waals surface area contributed by atoms with Crippen LogP contribution in [0.25, 0.3) is 0 Å². The Morgan fingerprint density at radius 1 is 1.25 bits per heavy atom. The highest BCUT2D eigenvalue weighted by molar-refractivity contribution is 6.60. The molecule has 0 radical (unpaired) electrons. The number of pyridine rings is 1. The summed E-state index contributed by atoms with van der Waals surface area (Å²) in [7, 11) is -1.77. The lowest BCUT2D eigenvalue weighted by molar-refractivity contribution is -0.0964. The first-order valence-electron chi connectivity index (χ1n) is 8.51. The molecule has 3 N–H and O–H groups in total. The van der Waals surface area contributed by atoms with Crippen LogP contribution in [0.2, 0.25) is 0 Å². The van der Waals surface area contributed by atoms with Crippen molar-refractivity contribution in [1.29, 1.82) is 0 Å². The van der Waals surface area contributed by atoms with E-state index in [-0.39, 0.29) is 16.8 Å². The number of halogens is 3. The number of anilines is 2. The number of nitrogens with zero attached hydrogens (tertiary/aromatic N) is 2. The van der Waals surface area contributed by atoms with Gasteiger partial charge in [-0.15, -0.1) is 8.78 Å². The van der Waals surface area contributed by atoms with E-state index in [1.807, 2.05) is 4.90 Å². The van der Waals surface area contributed by atoms with Crippen LogP contribution in [0.1, 0.15) is 23.2 Å². The summed E-state index contributed by atoms with van der Waals surface area (Å²) in [4.78, 5) is 18.6. The fourth-order valence-corrected chi connectivity index (χ4v) is 3.01. The van der Waals surface area contributed by atoms with Crippen molar-refractivity contribution in [3.05, 3.63) is 42.1 Å². The molecule has 1 fully saturated rings. The third-order valence-corrected chi connectivity index (χ3v) is 4.26. The van der Waals surface area contributed by atoms with E-state index in [1.165, 1.54) is 36.5 Å². The summed E-state index contributed by atoms with van der Waals surface area (Å²) in [6, 6.07) is 6.55. The summed E-state index contributed by atoms with van der Waals surface area (Å²) in [6.45, 7) is 1.52. The second kappa shape index (κ2) is 8.30. The molecule has 3 rings (SSSR count). The average molecular weight is 412 g/mol. The summed E-state index contributed by atoms with van der Waals surface area (Å²) in [5.41, 5.74) is -3.24. The van der Waals surface area contributed by atoms with E-state index in [0.717, 1.165) is 25.9 Å². The van der Waals surface area contributed by atoms with Gasteiger partial charge in [0.1, 0.15) is 11.6 Å². The Bertz CT molecular complexity index is 843. The van der Waals surface area contributed by atoms with Crippen LogP contribution < -0.4 is 20.4 Å². The first-order chi connectivity index (χ1) is 13.2. The Kier molecular flexibility index (Phi) is 6.02. The molecule has 0 bridgehead atoms. The molecule has 28 heavy (non-hydrogen) atoms. The molecule has 1 amide bonds. The van der Waals surface area contributed by atoms with Crippen LogP contribution in [0, 0.1) is 0 Å². The third-order valence-electron chi connectivity index (χ3n) is 4.19. The van der Waals surface area contributed by atoms with Crippen LogP contribution in [-0.4, -0.2) is 46.7 Å². The van der Waals surface area contributed by atoms with Crippen LogP contribution in [-0.2, 0) is 0 Å². The van der Waals surface area contributed by atoms with Gasteiger partial charge in [-0.3, -0.25) is 4.79 Å². The van der Waals surface area contributed by atoms with Crippen molar-refractivity contribution in [3.8, 4) is 5.75 Å². The van der Waals surface area contributed by atoms with Crippen molar-refractivity contribution >= 4 is 41.6 Å². The molecule has 0 spiro atoms. The maximum absolute atomic E-state index is 12.6. The Morgan fingerprint density at radius 3 is 2.46 bits per heavy atom. The van der Waals surface area contributed by atoms with Crippen molar-refractivity contribution in [2.24, 2.45) is 0 Å². The molecular weight excluding hydrogens is 394 g/mol. The number of carbonyl (C=O) groups is 1. The van der Waals surface area contributed by atoms with E-state index < -0.39 is 18.6 Å². The van der Waals surface area contributed by atoms with E-state index in [2.05, 4.69) is 15.0 Å². The number of amides is 1. The second-order valence-corrected chi connectivity index (χ2v) is 6.67. The summed E-state index contributed by atoms with van der Waals surface area (Å²) >= 11 is 4.70. The van der Waals surface area contributed by atoms with Crippen molar-refractivity contribution in [2.75, 3.05) is 23.3 Å². The lowest BCUT2D eigenvalue weighted by Gasteiger charge is -2.20. The molecule has 0 saturated carbocycles. The monoisotopic (exact) mass is 411 g/mol. The smallest absolute Gasteiger partial charge is 0.423 e. The summed E-state index contributed by atoms with van der Waals surface area (Å²) in [5, 5.41) is 21.9. The molecule has 0 aliphatic carbocycles. The average Bonchev–Trinajstić information content (AvgIpc) is 3.16. The summed E-state index contributed by atoms with van der Waals surface area (Å²) in [6.07, 6.45) is 3.32. The molecule has 11 heteroatoms. The van der Waals surface area contributed by atoms with Gasteiger partial charge in [0.15, 0.2) is 0 Å². The van der Waals surface area contributed by atoms with Gasteiger partial charge in [0.05, 0.1) is 5.56 Å². The number of hydrogen-bond donors (Lipinski definition) is 3. The molecule has 0 atom stereocenters. The largest absolute Gasteiger partial charge is 0.492 e. The van der Waals surface area contributed by atoms with Gasteiger partial charge in [-0.25, -0.2) is 4.98 Å². The minimum atomic E-state index is -3.82. The molecule has 2 heterocycles. The number of hydrogen-bond acceptors (Lipinski definition) is 6. The molecule has 1 aliphatic heterocycles. The van der Waals surface area contributed by atoms with Gasteiger partial charge in [-0.2, -0.15) is 0 Å². The summed E-state index contributed by atoms with van der Waals surface area (Å²) in [5.74, 6) is -0.272. The number of carbonyl (C=O) groups excluding carboxylic acids is 1. The van der Waals surface area contributed by atoms with Gasteiger partial charge in [0.2, 0.25) is 0 Å². The first kappa shape index (κ1) is 20.3. The zero-order valence-electron chi connectivity index (χ0n) is 14.6. The van der Waals surface area contributed by atoms with Crippen LogP contribution in [0.3, 0.4) is 0 Å². The Balaban J connectivity index is 1.74. The van der Waals surface area contributed by atoms with Gasteiger partial charge in [0.25, 0.3) is 5.91 Å². The number of rotatable bonds is 6. The topological polar surface area (TPSA) is 94.9 Å². The Morgan fingerprint density at radius 2 is 1.89 bits per heavy atom. The van der Waals surface area contributed by atoms with Crippen molar-refractivity contribution in [2.45, 2.75) is 18.4 Å². The number of nitrogens with one attached hydrogen (secondary N) is 1. The van der Waals surface area contributed by atoms with E-state index in [9.17, 15) is 23.6 Å². The van der Waals surface area contributed by atoms with Crippen LogP contribution in [0.4, 0.5) is 20.3 Å². The van der Waals surface area contributed by atoms with E-state index in [4.69, 9.17) is 11.6 Å². The molecule has 1 aliphatic rings. The molecule has 1 saturated heterocycles. The van der Waals surface area contributed by atoms with Crippen LogP contribution in [0.5, 0.6) is 5.75 Å². The summed E-state index contributed by atoms with van der Waals surface area (Å²) < 4.78 is 29.4. The van der Waals surface area contributed by atoms with Gasteiger partial charge < -0.3 is 25.0 Å². The number of aromatic nitrogens is 1. The number of alkyl halides is 3. The second-order valence-electron chi connectivity index (χ2n) is 6.23. The maximum atomic E-state index is 12.6. The first-order valence-corrected chi connectivity index (χ1v) is 8.89. The van der Waals surface area contributed by atoms with Gasteiger partial charge in [-0.05, 0) is 43.2 Å².